The monoisotopic (exact) mass is 278 g/mol. The van der Waals surface area contributed by atoms with Gasteiger partial charge >= 0.3 is 0 Å². The van der Waals surface area contributed by atoms with Gasteiger partial charge in [0.1, 0.15) is 0 Å². The first kappa shape index (κ1) is 15.9. The molecule has 0 amide bonds. The number of nitrogens with zero attached hydrogens (tertiary/aromatic N) is 1. The van der Waals surface area contributed by atoms with Gasteiger partial charge in [-0.1, -0.05) is 6.92 Å². The average molecular weight is 278 g/mol. The highest BCUT2D eigenvalue weighted by molar-refractivity contribution is 7.89. The van der Waals surface area contributed by atoms with Gasteiger partial charge in [0.05, 0.1) is 18.5 Å². The number of nitrogens with one attached hydrogen (secondary N) is 1. The Bertz CT molecular complexity index is 319. The van der Waals surface area contributed by atoms with E-state index in [1.165, 1.54) is 0 Å². The molecule has 0 aliphatic carbocycles. The number of sulfonamides is 1. The molecule has 0 aromatic heterocycles. The van der Waals surface area contributed by atoms with E-state index >= 15 is 0 Å². The molecule has 0 aromatic carbocycles. The Morgan fingerprint density at radius 3 is 2.78 bits per heavy atom. The molecule has 0 saturated carbocycles. The van der Waals surface area contributed by atoms with Crippen LogP contribution in [0.15, 0.2) is 0 Å². The molecule has 1 atom stereocenters. The fraction of sp³-hybridized carbons (Fsp3) is 1.00. The van der Waals surface area contributed by atoms with Crippen molar-refractivity contribution in [2.45, 2.75) is 39.2 Å². The van der Waals surface area contributed by atoms with Crippen molar-refractivity contribution >= 4 is 10.0 Å². The van der Waals surface area contributed by atoms with Crippen LogP contribution in [0.3, 0.4) is 0 Å². The zero-order chi connectivity index (χ0) is 13.4. The topological polar surface area (TPSA) is 58.6 Å². The predicted molar refractivity (Wildman–Crippen MR) is 73.2 cm³/mol. The third kappa shape index (κ3) is 5.65. The molecule has 0 radical (unpaired) electrons. The molecular weight excluding hydrogens is 252 g/mol. The van der Waals surface area contributed by atoms with Crippen LogP contribution in [0.5, 0.6) is 0 Å². The molecule has 1 N–H and O–H groups in total. The largest absolute Gasteiger partial charge is 0.376 e. The number of hydrogen-bond donors (Lipinski definition) is 1. The molecule has 6 heteroatoms. The van der Waals surface area contributed by atoms with Gasteiger partial charge in [-0.3, -0.25) is 0 Å². The molecule has 1 fully saturated rings. The van der Waals surface area contributed by atoms with E-state index in [1.54, 1.807) is 4.31 Å². The summed E-state index contributed by atoms with van der Waals surface area (Å²) >= 11 is 0. The quantitative estimate of drug-likeness (QED) is 0.668. The SMILES string of the molecule is CCCNCCCCS(=O)(=O)N1CCOC(C)C1. The second-order valence-electron chi connectivity index (χ2n) is 4.81. The molecule has 108 valence electrons. The summed E-state index contributed by atoms with van der Waals surface area (Å²) in [7, 11) is -3.08. The zero-order valence-electron chi connectivity index (χ0n) is 11.5. The number of rotatable bonds is 8. The van der Waals surface area contributed by atoms with Gasteiger partial charge in [0.15, 0.2) is 0 Å². The van der Waals surface area contributed by atoms with Gasteiger partial charge in [0.2, 0.25) is 10.0 Å². The first-order chi connectivity index (χ1) is 8.56. The summed E-state index contributed by atoms with van der Waals surface area (Å²) in [5.74, 6) is 0.257. The lowest BCUT2D eigenvalue weighted by molar-refractivity contribution is 0.0102. The summed E-state index contributed by atoms with van der Waals surface area (Å²) in [6, 6.07) is 0. The Labute approximate surface area is 111 Å². The van der Waals surface area contributed by atoms with E-state index in [1.807, 2.05) is 6.92 Å². The summed E-state index contributed by atoms with van der Waals surface area (Å²) in [5, 5.41) is 3.28. The van der Waals surface area contributed by atoms with E-state index in [2.05, 4.69) is 12.2 Å². The van der Waals surface area contributed by atoms with Crippen molar-refractivity contribution in [3.63, 3.8) is 0 Å². The van der Waals surface area contributed by atoms with Crippen molar-refractivity contribution in [3.8, 4) is 0 Å². The highest BCUT2D eigenvalue weighted by atomic mass is 32.2. The summed E-state index contributed by atoms with van der Waals surface area (Å²) in [4.78, 5) is 0. The normalized spacial score (nSPS) is 22.2. The molecule has 1 aliphatic heterocycles. The van der Waals surface area contributed by atoms with Gasteiger partial charge in [-0.15, -0.1) is 0 Å². The number of hydrogen-bond acceptors (Lipinski definition) is 4. The highest BCUT2D eigenvalue weighted by Crippen LogP contribution is 2.11. The van der Waals surface area contributed by atoms with E-state index in [-0.39, 0.29) is 11.9 Å². The second kappa shape index (κ2) is 8.09. The maximum atomic E-state index is 12.1. The van der Waals surface area contributed by atoms with Crippen molar-refractivity contribution in [1.82, 2.24) is 9.62 Å². The lowest BCUT2D eigenvalue weighted by Gasteiger charge is -2.30. The van der Waals surface area contributed by atoms with E-state index in [0.717, 1.165) is 32.4 Å². The van der Waals surface area contributed by atoms with E-state index < -0.39 is 10.0 Å². The van der Waals surface area contributed by atoms with Crippen molar-refractivity contribution < 1.29 is 13.2 Å². The Kier molecular flexibility index (Phi) is 7.14. The van der Waals surface area contributed by atoms with Crippen LogP contribution in [0.1, 0.15) is 33.1 Å². The summed E-state index contributed by atoms with van der Waals surface area (Å²) < 4.78 is 31.1. The maximum absolute atomic E-state index is 12.1. The standard InChI is InChI=1S/C12H26N2O3S/c1-3-6-13-7-4-5-10-18(15,16)14-8-9-17-12(2)11-14/h12-13H,3-11H2,1-2H3. The third-order valence-electron chi connectivity index (χ3n) is 3.03. The molecule has 0 bridgehead atoms. The van der Waals surface area contributed by atoms with Crippen LogP contribution < -0.4 is 5.32 Å². The summed E-state index contributed by atoms with van der Waals surface area (Å²) in [5.41, 5.74) is 0. The maximum Gasteiger partial charge on any atom is 0.214 e. The van der Waals surface area contributed by atoms with E-state index in [9.17, 15) is 8.42 Å². The third-order valence-corrected chi connectivity index (χ3v) is 4.95. The van der Waals surface area contributed by atoms with E-state index in [4.69, 9.17) is 4.74 Å². The van der Waals surface area contributed by atoms with Gasteiger partial charge in [-0.25, -0.2) is 8.42 Å². The van der Waals surface area contributed by atoms with Gasteiger partial charge in [-0.05, 0) is 39.3 Å². The molecule has 1 saturated heterocycles. The molecule has 1 aliphatic rings. The van der Waals surface area contributed by atoms with Crippen molar-refractivity contribution in [3.05, 3.63) is 0 Å². The van der Waals surface area contributed by atoms with Crippen LogP contribution in [-0.2, 0) is 14.8 Å². The number of unbranched alkanes of at least 4 members (excludes halogenated alkanes) is 1. The second-order valence-corrected chi connectivity index (χ2v) is 6.90. The molecule has 0 aromatic rings. The van der Waals surface area contributed by atoms with Crippen LogP contribution in [0, 0.1) is 0 Å². The lowest BCUT2D eigenvalue weighted by atomic mass is 10.3. The smallest absolute Gasteiger partial charge is 0.214 e. The highest BCUT2D eigenvalue weighted by Gasteiger charge is 2.26. The van der Waals surface area contributed by atoms with Gasteiger partial charge in [0, 0.05) is 13.1 Å². The number of morpholine rings is 1. The first-order valence-corrected chi connectivity index (χ1v) is 8.47. The minimum Gasteiger partial charge on any atom is -0.376 e. The van der Waals surface area contributed by atoms with Crippen LogP contribution in [-0.4, -0.2) is 57.4 Å². The molecular formula is C12H26N2O3S. The average Bonchev–Trinajstić information content (AvgIpc) is 2.33. The van der Waals surface area contributed by atoms with E-state index in [0.29, 0.717) is 19.7 Å². The molecule has 1 rings (SSSR count). The molecule has 0 spiro atoms. The lowest BCUT2D eigenvalue weighted by Crippen LogP contribution is -2.45. The van der Waals surface area contributed by atoms with Crippen LogP contribution in [0.25, 0.3) is 0 Å². The minimum atomic E-state index is -3.08. The van der Waals surface area contributed by atoms with Crippen LogP contribution in [0.4, 0.5) is 0 Å². The summed E-state index contributed by atoms with van der Waals surface area (Å²) in [6.45, 7) is 7.46. The molecule has 18 heavy (non-hydrogen) atoms. The Morgan fingerprint density at radius 1 is 1.33 bits per heavy atom. The van der Waals surface area contributed by atoms with Gasteiger partial charge < -0.3 is 10.1 Å². The van der Waals surface area contributed by atoms with Crippen LogP contribution >= 0.6 is 0 Å². The fourth-order valence-electron chi connectivity index (χ4n) is 2.00. The van der Waals surface area contributed by atoms with Crippen molar-refractivity contribution in [2.75, 3.05) is 38.5 Å². The number of ether oxygens (including phenoxy) is 1. The van der Waals surface area contributed by atoms with Crippen molar-refractivity contribution in [2.24, 2.45) is 0 Å². The Morgan fingerprint density at radius 2 is 2.11 bits per heavy atom. The first-order valence-electron chi connectivity index (χ1n) is 6.86. The predicted octanol–water partition coefficient (Wildman–Crippen LogP) is 0.817. The summed E-state index contributed by atoms with van der Waals surface area (Å²) in [6.07, 6.45) is 2.77. The Hall–Kier alpha value is -0.170. The van der Waals surface area contributed by atoms with Crippen molar-refractivity contribution in [1.29, 1.82) is 0 Å². The fourth-order valence-corrected chi connectivity index (χ4v) is 3.62. The molecule has 1 heterocycles. The van der Waals surface area contributed by atoms with Gasteiger partial charge in [0.25, 0.3) is 0 Å². The Balaban J connectivity index is 2.22. The van der Waals surface area contributed by atoms with Gasteiger partial charge in [-0.2, -0.15) is 4.31 Å². The zero-order valence-corrected chi connectivity index (χ0v) is 12.3. The minimum absolute atomic E-state index is 0.0137. The van der Waals surface area contributed by atoms with Crippen LogP contribution in [0.2, 0.25) is 0 Å². The molecule has 5 nitrogen and oxygen atoms in total. The molecule has 1 unspecified atom stereocenters.